The van der Waals surface area contributed by atoms with E-state index in [1.54, 1.807) is 0 Å². The van der Waals surface area contributed by atoms with Crippen LogP contribution in [0, 0.1) is 13.8 Å². The Balaban J connectivity index is 2.16. The summed E-state index contributed by atoms with van der Waals surface area (Å²) in [5.41, 5.74) is 4.34. The quantitative estimate of drug-likeness (QED) is 0.860. The van der Waals surface area contributed by atoms with Crippen molar-refractivity contribution in [3.8, 4) is 0 Å². The Kier molecular flexibility index (Phi) is 4.61. The highest BCUT2D eigenvalue weighted by molar-refractivity contribution is 5.31. The lowest BCUT2D eigenvalue weighted by atomic mass is 9.85. The highest BCUT2D eigenvalue weighted by Crippen LogP contribution is 2.23. The van der Waals surface area contributed by atoms with Crippen molar-refractivity contribution >= 4 is 0 Å². The molecule has 1 heteroatoms. The number of hydrogen-bond acceptors (Lipinski definition) is 1. The molecule has 1 nitrogen and oxygen atoms in total. The monoisotopic (exact) mass is 268 g/mol. The van der Waals surface area contributed by atoms with Crippen LogP contribution in [0.4, 0.5) is 0 Å². The van der Waals surface area contributed by atoms with Gasteiger partial charge in [-0.25, -0.2) is 0 Å². The van der Waals surface area contributed by atoms with Gasteiger partial charge in [0, 0.05) is 12.8 Å². The number of rotatable bonds is 5. The molecule has 1 N–H and O–H groups in total. The first-order chi connectivity index (χ1) is 9.52. The molecule has 0 aliphatic heterocycles. The normalized spacial score (nSPS) is 14.0. The van der Waals surface area contributed by atoms with Gasteiger partial charge < -0.3 is 5.11 Å². The van der Waals surface area contributed by atoms with E-state index in [-0.39, 0.29) is 0 Å². The molecule has 0 fully saturated rings. The molecule has 0 aliphatic rings. The summed E-state index contributed by atoms with van der Waals surface area (Å²) in [4.78, 5) is 0. The number of benzene rings is 2. The molecule has 1 unspecified atom stereocenters. The molecule has 0 spiro atoms. The smallest absolute Gasteiger partial charge is 0.0725 e. The largest absolute Gasteiger partial charge is 0.389 e. The SMILES string of the molecule is CCC(O)(Cc1ccccc1)Cc1ccc(C)c(C)c1. The minimum atomic E-state index is -0.664. The number of hydrogen-bond donors (Lipinski definition) is 1. The molecular formula is C19H24O. The van der Waals surface area contributed by atoms with E-state index in [1.807, 2.05) is 18.2 Å². The zero-order valence-corrected chi connectivity index (χ0v) is 12.7. The first-order valence-corrected chi connectivity index (χ1v) is 7.35. The summed E-state index contributed by atoms with van der Waals surface area (Å²) < 4.78 is 0. The maximum absolute atomic E-state index is 10.9. The molecule has 20 heavy (non-hydrogen) atoms. The van der Waals surface area contributed by atoms with Crippen LogP contribution in [-0.2, 0) is 12.8 Å². The van der Waals surface area contributed by atoms with Crippen molar-refractivity contribution in [2.75, 3.05) is 0 Å². The van der Waals surface area contributed by atoms with Crippen molar-refractivity contribution in [1.82, 2.24) is 0 Å². The van der Waals surface area contributed by atoms with Gasteiger partial charge in [-0.15, -0.1) is 0 Å². The van der Waals surface area contributed by atoms with E-state index in [2.05, 4.69) is 51.1 Å². The summed E-state index contributed by atoms with van der Waals surface area (Å²) in [6.45, 7) is 6.31. The molecule has 0 saturated heterocycles. The van der Waals surface area contributed by atoms with Gasteiger partial charge in [-0.2, -0.15) is 0 Å². The topological polar surface area (TPSA) is 20.2 Å². The van der Waals surface area contributed by atoms with Crippen LogP contribution in [0.5, 0.6) is 0 Å². The summed E-state index contributed by atoms with van der Waals surface area (Å²) in [5, 5.41) is 10.9. The van der Waals surface area contributed by atoms with Gasteiger partial charge in [-0.3, -0.25) is 0 Å². The highest BCUT2D eigenvalue weighted by Gasteiger charge is 2.25. The van der Waals surface area contributed by atoms with Crippen molar-refractivity contribution in [2.45, 2.75) is 45.6 Å². The Morgan fingerprint density at radius 1 is 0.850 bits per heavy atom. The third kappa shape index (κ3) is 3.71. The van der Waals surface area contributed by atoms with Gasteiger partial charge in [-0.1, -0.05) is 55.5 Å². The zero-order chi connectivity index (χ0) is 14.6. The van der Waals surface area contributed by atoms with Gasteiger partial charge in [-0.05, 0) is 42.5 Å². The third-order valence-corrected chi connectivity index (χ3v) is 4.14. The van der Waals surface area contributed by atoms with Crippen LogP contribution in [0.15, 0.2) is 48.5 Å². The fraction of sp³-hybridized carbons (Fsp3) is 0.368. The fourth-order valence-corrected chi connectivity index (χ4v) is 2.58. The minimum Gasteiger partial charge on any atom is -0.389 e. The number of aryl methyl sites for hydroxylation is 2. The lowest BCUT2D eigenvalue weighted by molar-refractivity contribution is 0.0368. The van der Waals surface area contributed by atoms with E-state index in [1.165, 1.54) is 22.3 Å². The van der Waals surface area contributed by atoms with E-state index < -0.39 is 5.60 Å². The van der Waals surface area contributed by atoms with Crippen molar-refractivity contribution in [2.24, 2.45) is 0 Å². The highest BCUT2D eigenvalue weighted by atomic mass is 16.3. The lowest BCUT2D eigenvalue weighted by Crippen LogP contribution is -2.33. The van der Waals surface area contributed by atoms with E-state index in [4.69, 9.17) is 0 Å². The van der Waals surface area contributed by atoms with Crippen molar-refractivity contribution in [3.63, 3.8) is 0 Å². The first kappa shape index (κ1) is 14.8. The number of aliphatic hydroxyl groups is 1. The average molecular weight is 268 g/mol. The van der Waals surface area contributed by atoms with Gasteiger partial charge in [0.2, 0.25) is 0 Å². The van der Waals surface area contributed by atoms with E-state index in [0.29, 0.717) is 12.8 Å². The molecule has 0 heterocycles. The predicted octanol–water partition coefficient (Wildman–Crippen LogP) is 4.23. The Morgan fingerprint density at radius 3 is 2.10 bits per heavy atom. The van der Waals surface area contributed by atoms with Crippen molar-refractivity contribution < 1.29 is 5.11 Å². The Morgan fingerprint density at radius 2 is 1.50 bits per heavy atom. The maximum Gasteiger partial charge on any atom is 0.0725 e. The van der Waals surface area contributed by atoms with E-state index in [0.717, 1.165) is 6.42 Å². The zero-order valence-electron chi connectivity index (χ0n) is 12.7. The maximum atomic E-state index is 10.9. The molecule has 106 valence electrons. The molecule has 0 aliphatic carbocycles. The fourth-order valence-electron chi connectivity index (χ4n) is 2.58. The van der Waals surface area contributed by atoms with Gasteiger partial charge >= 0.3 is 0 Å². The van der Waals surface area contributed by atoms with Gasteiger partial charge in [0.25, 0.3) is 0 Å². The van der Waals surface area contributed by atoms with Crippen molar-refractivity contribution in [3.05, 3.63) is 70.8 Å². The van der Waals surface area contributed by atoms with Crippen molar-refractivity contribution in [1.29, 1.82) is 0 Å². The second kappa shape index (κ2) is 6.23. The molecule has 0 bridgehead atoms. The Labute approximate surface area is 122 Å². The minimum absolute atomic E-state index is 0.664. The molecule has 0 saturated carbocycles. The average Bonchev–Trinajstić information content (AvgIpc) is 2.44. The Bertz CT molecular complexity index is 559. The van der Waals surface area contributed by atoms with Crippen LogP contribution in [0.1, 0.15) is 35.6 Å². The van der Waals surface area contributed by atoms with Crippen LogP contribution >= 0.6 is 0 Å². The molecule has 2 aromatic carbocycles. The standard InChI is InChI=1S/C19H24O/c1-4-19(20,13-17-8-6-5-7-9-17)14-18-11-10-15(2)16(3)12-18/h5-12,20H,4,13-14H2,1-3H3. The molecule has 0 radical (unpaired) electrons. The summed E-state index contributed by atoms with van der Waals surface area (Å²) >= 11 is 0. The molecule has 0 amide bonds. The second-order valence-electron chi connectivity index (χ2n) is 5.84. The summed E-state index contributed by atoms with van der Waals surface area (Å²) in [6, 6.07) is 16.7. The molecule has 0 aromatic heterocycles. The Hall–Kier alpha value is -1.60. The lowest BCUT2D eigenvalue weighted by Gasteiger charge is -2.27. The van der Waals surface area contributed by atoms with E-state index in [9.17, 15) is 5.11 Å². The van der Waals surface area contributed by atoms with E-state index >= 15 is 0 Å². The van der Waals surface area contributed by atoms with Gasteiger partial charge in [0.1, 0.15) is 0 Å². The van der Waals surface area contributed by atoms with Crippen LogP contribution in [0.25, 0.3) is 0 Å². The molecule has 1 atom stereocenters. The van der Waals surface area contributed by atoms with Crippen LogP contribution < -0.4 is 0 Å². The third-order valence-electron chi connectivity index (χ3n) is 4.14. The summed E-state index contributed by atoms with van der Waals surface area (Å²) in [5.74, 6) is 0. The predicted molar refractivity (Wildman–Crippen MR) is 85.0 cm³/mol. The molecular weight excluding hydrogens is 244 g/mol. The molecule has 2 aromatic rings. The summed E-state index contributed by atoms with van der Waals surface area (Å²) in [7, 11) is 0. The van der Waals surface area contributed by atoms with Gasteiger partial charge in [0.15, 0.2) is 0 Å². The first-order valence-electron chi connectivity index (χ1n) is 7.35. The van der Waals surface area contributed by atoms with Crippen LogP contribution in [-0.4, -0.2) is 10.7 Å². The second-order valence-corrected chi connectivity index (χ2v) is 5.84. The molecule has 2 rings (SSSR count). The van der Waals surface area contributed by atoms with Gasteiger partial charge in [0.05, 0.1) is 5.60 Å². The van der Waals surface area contributed by atoms with Crippen LogP contribution in [0.2, 0.25) is 0 Å². The van der Waals surface area contributed by atoms with Crippen LogP contribution in [0.3, 0.4) is 0 Å². The summed E-state index contributed by atoms with van der Waals surface area (Å²) in [6.07, 6.45) is 2.17.